The van der Waals surface area contributed by atoms with Gasteiger partial charge in [-0.05, 0) is 43.8 Å². The van der Waals surface area contributed by atoms with Crippen LogP contribution in [0.5, 0.6) is 0 Å². The number of benzene rings is 1. The first-order valence-corrected chi connectivity index (χ1v) is 8.71. The number of thiocarbonyl (C=S) groups is 1. The van der Waals surface area contributed by atoms with Gasteiger partial charge in [-0.3, -0.25) is 4.79 Å². The summed E-state index contributed by atoms with van der Waals surface area (Å²) in [5, 5.41) is 10.1. The second kappa shape index (κ2) is 7.71. The van der Waals surface area contributed by atoms with E-state index in [1.54, 1.807) is 43.0 Å². The van der Waals surface area contributed by atoms with Gasteiger partial charge in [0.25, 0.3) is 5.91 Å². The van der Waals surface area contributed by atoms with Gasteiger partial charge in [-0.15, -0.1) is 6.58 Å². The summed E-state index contributed by atoms with van der Waals surface area (Å²) in [4.78, 5) is 14.8. The Bertz CT molecular complexity index is 937. The Kier molecular flexibility index (Phi) is 5.36. The van der Waals surface area contributed by atoms with Gasteiger partial charge in [0, 0.05) is 18.3 Å². The van der Waals surface area contributed by atoms with E-state index in [1.807, 2.05) is 0 Å². The average molecular weight is 386 g/mol. The predicted molar refractivity (Wildman–Crippen MR) is 104 cm³/mol. The lowest BCUT2D eigenvalue weighted by atomic mass is 9.94. The number of aryl methyl sites for hydroxylation is 1. The molecular weight excluding hydrogens is 367 g/mol. The Hall–Kier alpha value is -3.00. The Balaban J connectivity index is 2.04. The van der Waals surface area contributed by atoms with E-state index < -0.39 is 11.9 Å². The van der Waals surface area contributed by atoms with E-state index in [0.29, 0.717) is 40.1 Å². The van der Waals surface area contributed by atoms with E-state index >= 15 is 0 Å². The highest BCUT2D eigenvalue weighted by Gasteiger charge is 2.34. The van der Waals surface area contributed by atoms with Crippen LogP contribution in [0.4, 0.5) is 10.2 Å². The van der Waals surface area contributed by atoms with Crippen molar-refractivity contribution in [1.29, 1.82) is 0 Å². The number of aromatic nitrogens is 1. The van der Waals surface area contributed by atoms with Gasteiger partial charge in [-0.1, -0.05) is 23.4 Å². The van der Waals surface area contributed by atoms with Crippen LogP contribution in [0.3, 0.4) is 0 Å². The summed E-state index contributed by atoms with van der Waals surface area (Å²) >= 11 is 5.43. The zero-order valence-corrected chi connectivity index (χ0v) is 15.8. The number of hydrogen-bond acceptors (Lipinski definition) is 4. The zero-order chi connectivity index (χ0) is 19.6. The van der Waals surface area contributed by atoms with Gasteiger partial charge < -0.3 is 20.1 Å². The quantitative estimate of drug-likeness (QED) is 0.606. The van der Waals surface area contributed by atoms with Crippen LogP contribution in [0, 0.1) is 12.7 Å². The summed E-state index contributed by atoms with van der Waals surface area (Å²) in [5.74, 6) is 0.116. The minimum Gasteiger partial charge on any atom is -0.360 e. The summed E-state index contributed by atoms with van der Waals surface area (Å²) < 4.78 is 18.8. The molecule has 0 spiro atoms. The van der Waals surface area contributed by atoms with E-state index in [1.165, 1.54) is 12.1 Å². The topological polar surface area (TPSA) is 70.4 Å². The van der Waals surface area contributed by atoms with E-state index in [9.17, 15) is 9.18 Å². The second-order valence-corrected chi connectivity index (χ2v) is 6.50. The normalized spacial score (nSPS) is 16.9. The number of rotatable bonds is 5. The number of nitrogens with zero attached hydrogens (tertiary/aromatic N) is 2. The molecule has 2 heterocycles. The number of hydrogen-bond donors (Lipinski definition) is 2. The van der Waals surface area contributed by atoms with Crippen molar-refractivity contribution in [2.24, 2.45) is 0 Å². The molecule has 0 saturated carbocycles. The summed E-state index contributed by atoms with van der Waals surface area (Å²) in [7, 11) is 0. The first-order chi connectivity index (χ1) is 12.9. The van der Waals surface area contributed by atoms with Crippen LogP contribution in [-0.4, -0.2) is 27.6 Å². The van der Waals surface area contributed by atoms with Crippen molar-refractivity contribution < 1.29 is 13.7 Å². The van der Waals surface area contributed by atoms with Crippen molar-refractivity contribution in [1.82, 2.24) is 15.4 Å². The van der Waals surface area contributed by atoms with Crippen molar-refractivity contribution in [2.75, 3.05) is 11.9 Å². The highest BCUT2D eigenvalue weighted by Crippen LogP contribution is 2.31. The molecule has 3 rings (SSSR count). The van der Waals surface area contributed by atoms with Gasteiger partial charge in [-0.2, -0.15) is 0 Å². The van der Waals surface area contributed by atoms with Crippen LogP contribution in [0.2, 0.25) is 0 Å². The van der Waals surface area contributed by atoms with E-state index in [4.69, 9.17) is 16.7 Å². The lowest BCUT2D eigenvalue weighted by Crippen LogP contribution is -2.48. The third-order valence-corrected chi connectivity index (χ3v) is 4.54. The Labute approximate surface area is 161 Å². The molecule has 0 aliphatic carbocycles. The molecule has 0 unspecified atom stereocenters. The van der Waals surface area contributed by atoms with E-state index in [-0.39, 0.29) is 5.91 Å². The van der Waals surface area contributed by atoms with Gasteiger partial charge in [0.15, 0.2) is 10.9 Å². The van der Waals surface area contributed by atoms with Crippen molar-refractivity contribution in [2.45, 2.75) is 19.9 Å². The molecule has 2 N–H and O–H groups in total. The molecule has 1 atom stereocenters. The van der Waals surface area contributed by atoms with Crippen molar-refractivity contribution >= 4 is 29.1 Å². The van der Waals surface area contributed by atoms with Crippen LogP contribution < -0.4 is 10.6 Å². The Morgan fingerprint density at radius 3 is 2.89 bits per heavy atom. The molecular formula is C19H19FN4O2S. The standard InChI is InChI=1S/C19H19FN4O2S/c1-4-8-24-12(3)16(18(25)21-15-9-11(2)26-23-15)17(22-19(24)27)13-6-5-7-14(20)10-13/h4-7,9-10,17H,1,8H2,2-3H3,(H,22,27)(H,21,23,25)/t17-/m0/s1. The monoisotopic (exact) mass is 386 g/mol. The van der Waals surface area contributed by atoms with Crippen LogP contribution in [0.1, 0.15) is 24.3 Å². The zero-order valence-electron chi connectivity index (χ0n) is 15.0. The van der Waals surface area contributed by atoms with E-state index in [2.05, 4.69) is 22.4 Å². The molecule has 1 aliphatic heterocycles. The molecule has 0 fully saturated rings. The third kappa shape index (κ3) is 3.90. The van der Waals surface area contributed by atoms with Crippen LogP contribution in [0.15, 0.2) is 58.8 Å². The predicted octanol–water partition coefficient (Wildman–Crippen LogP) is 3.45. The molecule has 0 saturated heterocycles. The third-order valence-electron chi connectivity index (χ3n) is 4.20. The molecule has 0 radical (unpaired) electrons. The Morgan fingerprint density at radius 1 is 1.48 bits per heavy atom. The van der Waals surface area contributed by atoms with Crippen LogP contribution >= 0.6 is 12.2 Å². The van der Waals surface area contributed by atoms with Crippen LogP contribution in [-0.2, 0) is 4.79 Å². The molecule has 1 amide bonds. The molecule has 0 bridgehead atoms. The maximum atomic E-state index is 13.8. The van der Waals surface area contributed by atoms with Crippen molar-refractivity contribution in [3.8, 4) is 0 Å². The number of halogens is 1. The van der Waals surface area contributed by atoms with E-state index in [0.717, 1.165) is 0 Å². The minimum absolute atomic E-state index is 0.305. The van der Waals surface area contributed by atoms with Crippen LogP contribution in [0.25, 0.3) is 0 Å². The SMILES string of the molecule is C=CCN1C(=S)N[C@@H](c2cccc(F)c2)C(C(=O)Nc2cc(C)on2)=C1C. The second-order valence-electron chi connectivity index (χ2n) is 6.11. The minimum atomic E-state index is -0.595. The molecule has 6 nitrogen and oxygen atoms in total. The maximum Gasteiger partial charge on any atom is 0.257 e. The fourth-order valence-electron chi connectivity index (χ4n) is 2.97. The lowest BCUT2D eigenvalue weighted by molar-refractivity contribution is -0.113. The number of anilines is 1. The largest absolute Gasteiger partial charge is 0.360 e. The molecule has 27 heavy (non-hydrogen) atoms. The number of nitrogens with one attached hydrogen (secondary N) is 2. The summed E-state index contributed by atoms with van der Waals surface area (Å²) in [6.45, 7) is 7.70. The highest BCUT2D eigenvalue weighted by molar-refractivity contribution is 7.80. The average Bonchev–Trinajstić information content (AvgIpc) is 3.02. The molecule has 1 aromatic carbocycles. The molecule has 1 aliphatic rings. The van der Waals surface area contributed by atoms with Crippen molar-refractivity contribution in [3.63, 3.8) is 0 Å². The maximum absolute atomic E-state index is 13.8. The number of allylic oxidation sites excluding steroid dienone is 1. The molecule has 1 aromatic heterocycles. The Morgan fingerprint density at radius 2 is 2.26 bits per heavy atom. The van der Waals surface area contributed by atoms with Gasteiger partial charge in [-0.25, -0.2) is 4.39 Å². The number of amides is 1. The first kappa shape index (κ1) is 18.8. The molecule has 2 aromatic rings. The smallest absolute Gasteiger partial charge is 0.257 e. The lowest BCUT2D eigenvalue weighted by Gasteiger charge is -2.37. The van der Waals surface area contributed by atoms with Crippen molar-refractivity contribution in [3.05, 3.63) is 71.4 Å². The summed E-state index contributed by atoms with van der Waals surface area (Å²) in [6.07, 6.45) is 1.69. The number of carbonyl (C=O) groups excluding carboxylic acids is 1. The fourth-order valence-corrected chi connectivity index (χ4v) is 3.30. The highest BCUT2D eigenvalue weighted by atomic mass is 32.1. The molecule has 8 heteroatoms. The summed E-state index contributed by atoms with van der Waals surface area (Å²) in [6, 6.07) is 7.09. The number of carbonyl (C=O) groups is 1. The first-order valence-electron chi connectivity index (χ1n) is 8.30. The van der Waals surface area contributed by atoms with Gasteiger partial charge in [0.05, 0.1) is 11.6 Å². The summed E-state index contributed by atoms with van der Waals surface area (Å²) in [5.41, 5.74) is 1.67. The van der Waals surface area contributed by atoms with Gasteiger partial charge in [0.1, 0.15) is 11.6 Å². The van der Waals surface area contributed by atoms with Gasteiger partial charge >= 0.3 is 0 Å². The fraction of sp³-hybridized carbons (Fsp3) is 0.211. The van der Waals surface area contributed by atoms with Gasteiger partial charge in [0.2, 0.25) is 0 Å². The molecule has 140 valence electrons.